The second kappa shape index (κ2) is 8.19. The Morgan fingerprint density at radius 3 is 2.60 bits per heavy atom. The predicted molar refractivity (Wildman–Crippen MR) is 107 cm³/mol. The molecule has 0 fully saturated rings. The fraction of sp³-hybridized carbons (Fsp3) is 0.130. The summed E-state index contributed by atoms with van der Waals surface area (Å²) in [6, 6.07) is 22.8. The van der Waals surface area contributed by atoms with Gasteiger partial charge in [0.25, 0.3) is 0 Å². The fourth-order valence-corrected chi connectivity index (χ4v) is 2.79. The molecule has 0 amide bonds. The standard InChI is InChI=1S/C23H22N2/c1-18(22-12-7-10-20-9-4-5-11-23(20)22)25-17-6-2-3-8-19-13-15-21(24)16-14-19/h2,4-7,9-16,18,25H,17,24H2,1H3/b6-2+/t18-/m1/s1. The van der Waals surface area contributed by atoms with Gasteiger partial charge in [0.05, 0.1) is 0 Å². The average molecular weight is 326 g/mol. The van der Waals surface area contributed by atoms with Crippen molar-refractivity contribution < 1.29 is 0 Å². The van der Waals surface area contributed by atoms with Crippen LogP contribution in [0.4, 0.5) is 5.69 Å². The van der Waals surface area contributed by atoms with Gasteiger partial charge in [-0.3, -0.25) is 0 Å². The molecule has 0 spiro atoms. The Bertz CT molecular complexity index is 922. The molecule has 2 nitrogen and oxygen atoms in total. The zero-order valence-corrected chi connectivity index (χ0v) is 14.4. The first-order valence-electron chi connectivity index (χ1n) is 8.47. The molecular formula is C23H22N2. The summed E-state index contributed by atoms with van der Waals surface area (Å²) in [5, 5.41) is 6.11. The van der Waals surface area contributed by atoms with Gasteiger partial charge >= 0.3 is 0 Å². The summed E-state index contributed by atoms with van der Waals surface area (Å²) in [4.78, 5) is 0. The lowest BCUT2D eigenvalue weighted by Crippen LogP contribution is -2.18. The van der Waals surface area contributed by atoms with Crippen LogP contribution >= 0.6 is 0 Å². The van der Waals surface area contributed by atoms with Crippen LogP contribution in [0.15, 0.2) is 78.9 Å². The lowest BCUT2D eigenvalue weighted by Gasteiger charge is -2.15. The lowest BCUT2D eigenvalue weighted by atomic mass is 10.00. The zero-order valence-electron chi connectivity index (χ0n) is 14.4. The molecule has 1 atom stereocenters. The minimum Gasteiger partial charge on any atom is -0.399 e. The number of anilines is 1. The quantitative estimate of drug-likeness (QED) is 0.539. The number of hydrogen-bond acceptors (Lipinski definition) is 2. The fourth-order valence-electron chi connectivity index (χ4n) is 2.79. The van der Waals surface area contributed by atoms with Crippen molar-refractivity contribution in [1.82, 2.24) is 5.32 Å². The summed E-state index contributed by atoms with van der Waals surface area (Å²) in [5.74, 6) is 6.15. The highest BCUT2D eigenvalue weighted by molar-refractivity contribution is 5.86. The first-order chi connectivity index (χ1) is 12.2. The van der Waals surface area contributed by atoms with Gasteiger partial charge in [-0.1, -0.05) is 60.4 Å². The summed E-state index contributed by atoms with van der Waals surface area (Å²) in [7, 11) is 0. The Balaban J connectivity index is 1.57. The van der Waals surface area contributed by atoms with E-state index < -0.39 is 0 Å². The monoisotopic (exact) mass is 326 g/mol. The normalized spacial score (nSPS) is 12.0. The summed E-state index contributed by atoms with van der Waals surface area (Å²) in [6.45, 7) is 2.97. The molecular weight excluding hydrogens is 304 g/mol. The van der Waals surface area contributed by atoms with E-state index in [0.717, 1.165) is 17.8 Å². The second-order valence-corrected chi connectivity index (χ2v) is 5.99. The summed E-state index contributed by atoms with van der Waals surface area (Å²) in [6.07, 6.45) is 3.94. The van der Waals surface area contributed by atoms with Crippen LogP contribution < -0.4 is 11.1 Å². The van der Waals surface area contributed by atoms with E-state index in [-0.39, 0.29) is 6.04 Å². The number of fused-ring (bicyclic) bond motifs is 1. The van der Waals surface area contributed by atoms with Crippen molar-refractivity contribution in [3.8, 4) is 11.8 Å². The molecule has 0 unspecified atom stereocenters. The van der Waals surface area contributed by atoms with Crippen LogP contribution in [0.5, 0.6) is 0 Å². The van der Waals surface area contributed by atoms with Gasteiger partial charge in [-0.2, -0.15) is 0 Å². The molecule has 0 heterocycles. The minimum atomic E-state index is 0.279. The minimum absolute atomic E-state index is 0.279. The topological polar surface area (TPSA) is 38.0 Å². The van der Waals surface area contributed by atoms with Crippen molar-refractivity contribution in [3.63, 3.8) is 0 Å². The molecule has 3 rings (SSSR count). The second-order valence-electron chi connectivity index (χ2n) is 5.99. The predicted octanol–water partition coefficient (Wildman–Crippen LogP) is 4.68. The number of benzene rings is 3. The van der Waals surface area contributed by atoms with Gasteiger partial charge in [0, 0.05) is 23.8 Å². The maximum absolute atomic E-state index is 5.66. The number of allylic oxidation sites excluding steroid dienone is 1. The number of nitrogens with one attached hydrogen (secondary N) is 1. The molecule has 3 N–H and O–H groups in total. The molecule has 0 aliphatic carbocycles. The summed E-state index contributed by atoms with van der Waals surface area (Å²) in [5.41, 5.74) is 8.71. The summed E-state index contributed by atoms with van der Waals surface area (Å²) >= 11 is 0. The van der Waals surface area contributed by atoms with Crippen molar-refractivity contribution in [2.24, 2.45) is 0 Å². The van der Waals surface area contributed by atoms with E-state index in [2.05, 4.69) is 66.5 Å². The van der Waals surface area contributed by atoms with Gasteiger partial charge < -0.3 is 11.1 Å². The molecule has 25 heavy (non-hydrogen) atoms. The maximum Gasteiger partial charge on any atom is 0.0314 e. The Labute approximate surface area is 149 Å². The molecule has 0 saturated carbocycles. The molecule has 2 heteroatoms. The third-order valence-corrected chi connectivity index (χ3v) is 4.16. The number of hydrogen-bond donors (Lipinski definition) is 2. The molecule has 0 aliphatic heterocycles. The number of nitrogen functional groups attached to an aromatic ring is 1. The lowest BCUT2D eigenvalue weighted by molar-refractivity contribution is 0.621. The Morgan fingerprint density at radius 2 is 1.76 bits per heavy atom. The first kappa shape index (κ1) is 16.8. The molecule has 0 aromatic heterocycles. The van der Waals surface area contributed by atoms with Crippen molar-refractivity contribution in [2.75, 3.05) is 12.3 Å². The third-order valence-electron chi connectivity index (χ3n) is 4.16. The Hall–Kier alpha value is -3.02. The first-order valence-corrected chi connectivity index (χ1v) is 8.47. The third kappa shape index (κ3) is 4.50. The van der Waals surface area contributed by atoms with E-state index in [1.807, 2.05) is 36.4 Å². The van der Waals surface area contributed by atoms with E-state index in [0.29, 0.717) is 0 Å². The van der Waals surface area contributed by atoms with Gasteiger partial charge in [0.2, 0.25) is 0 Å². The van der Waals surface area contributed by atoms with Crippen LogP contribution in [0.25, 0.3) is 10.8 Å². The van der Waals surface area contributed by atoms with Gasteiger partial charge in [-0.15, -0.1) is 0 Å². The maximum atomic E-state index is 5.66. The highest BCUT2D eigenvalue weighted by atomic mass is 14.9. The Kier molecular flexibility index (Phi) is 5.51. The van der Waals surface area contributed by atoms with Crippen LogP contribution in [-0.4, -0.2) is 6.54 Å². The summed E-state index contributed by atoms with van der Waals surface area (Å²) < 4.78 is 0. The van der Waals surface area contributed by atoms with Gasteiger partial charge in [0.1, 0.15) is 0 Å². The van der Waals surface area contributed by atoms with Crippen molar-refractivity contribution >= 4 is 16.5 Å². The van der Waals surface area contributed by atoms with Crippen LogP contribution in [0.3, 0.4) is 0 Å². The van der Waals surface area contributed by atoms with E-state index >= 15 is 0 Å². The van der Waals surface area contributed by atoms with Gasteiger partial charge in [-0.05, 0) is 53.6 Å². The van der Waals surface area contributed by atoms with Crippen LogP contribution in [-0.2, 0) is 0 Å². The van der Waals surface area contributed by atoms with Crippen LogP contribution in [0.2, 0.25) is 0 Å². The molecule has 0 saturated heterocycles. The smallest absolute Gasteiger partial charge is 0.0314 e. The van der Waals surface area contributed by atoms with E-state index in [1.165, 1.54) is 16.3 Å². The van der Waals surface area contributed by atoms with Gasteiger partial charge in [0.15, 0.2) is 0 Å². The molecule has 3 aromatic carbocycles. The van der Waals surface area contributed by atoms with E-state index in [1.54, 1.807) is 0 Å². The Morgan fingerprint density at radius 1 is 1.00 bits per heavy atom. The number of rotatable bonds is 4. The molecule has 0 bridgehead atoms. The molecule has 124 valence electrons. The average Bonchev–Trinajstić information content (AvgIpc) is 2.65. The highest BCUT2D eigenvalue weighted by Gasteiger charge is 2.07. The highest BCUT2D eigenvalue weighted by Crippen LogP contribution is 2.23. The van der Waals surface area contributed by atoms with Crippen molar-refractivity contribution in [3.05, 3.63) is 90.0 Å². The molecule has 3 aromatic rings. The van der Waals surface area contributed by atoms with Gasteiger partial charge in [-0.25, -0.2) is 0 Å². The largest absolute Gasteiger partial charge is 0.399 e. The molecule has 0 aliphatic rings. The van der Waals surface area contributed by atoms with E-state index in [4.69, 9.17) is 5.73 Å². The number of nitrogens with two attached hydrogens (primary N) is 1. The van der Waals surface area contributed by atoms with E-state index in [9.17, 15) is 0 Å². The van der Waals surface area contributed by atoms with Crippen LogP contribution in [0, 0.1) is 11.8 Å². The van der Waals surface area contributed by atoms with Crippen molar-refractivity contribution in [1.29, 1.82) is 0 Å². The SMILES string of the molecule is C[C@@H](NC/C=C/C#Cc1ccc(N)cc1)c1cccc2ccccc12. The van der Waals surface area contributed by atoms with Crippen LogP contribution in [0.1, 0.15) is 24.1 Å². The molecule has 0 radical (unpaired) electrons. The van der Waals surface area contributed by atoms with Crippen molar-refractivity contribution in [2.45, 2.75) is 13.0 Å². The zero-order chi connectivity index (χ0) is 17.5.